The Morgan fingerprint density at radius 3 is 2.63 bits per heavy atom. The van der Waals surface area contributed by atoms with Gasteiger partial charge in [-0.15, -0.1) is 0 Å². The number of nitrogens with zero attached hydrogens (tertiary/aromatic N) is 3. The summed E-state index contributed by atoms with van der Waals surface area (Å²) in [5.74, 6) is 2.47. The first-order valence-electron chi connectivity index (χ1n) is 11.4. The molecule has 0 saturated carbocycles. The standard InChI is InChI=1S/C23H39N5O2/c1-4-10-27-11-9-19(18-27)16-25-23(24-2)26-17-22(28-12-14-30-15-13-28)20-5-7-21(29-3)8-6-20/h5-8,19,22H,4,9-18H2,1-3H3,(H2,24,25,26). The Morgan fingerprint density at radius 1 is 1.20 bits per heavy atom. The molecule has 2 heterocycles. The highest BCUT2D eigenvalue weighted by Crippen LogP contribution is 2.23. The minimum Gasteiger partial charge on any atom is -0.497 e. The summed E-state index contributed by atoms with van der Waals surface area (Å²) in [4.78, 5) is 9.52. The minimum absolute atomic E-state index is 0.268. The molecule has 1 aromatic carbocycles. The number of rotatable bonds is 9. The highest BCUT2D eigenvalue weighted by molar-refractivity contribution is 5.79. The molecule has 7 nitrogen and oxygen atoms in total. The molecule has 0 aliphatic carbocycles. The maximum atomic E-state index is 5.57. The first-order valence-corrected chi connectivity index (χ1v) is 11.4. The fourth-order valence-electron chi connectivity index (χ4n) is 4.43. The Hall–Kier alpha value is -1.83. The van der Waals surface area contributed by atoms with E-state index in [1.807, 2.05) is 19.2 Å². The van der Waals surface area contributed by atoms with Gasteiger partial charge in [-0.1, -0.05) is 19.1 Å². The number of nitrogens with one attached hydrogen (secondary N) is 2. The monoisotopic (exact) mass is 417 g/mol. The Morgan fingerprint density at radius 2 is 1.97 bits per heavy atom. The SMILES string of the molecule is CCCN1CCC(CNC(=NC)NCC(c2ccc(OC)cc2)N2CCOCC2)C1. The highest BCUT2D eigenvalue weighted by atomic mass is 16.5. The number of ether oxygens (including phenoxy) is 2. The van der Waals surface area contributed by atoms with Crippen LogP contribution in [0.2, 0.25) is 0 Å². The van der Waals surface area contributed by atoms with E-state index in [9.17, 15) is 0 Å². The summed E-state index contributed by atoms with van der Waals surface area (Å²) < 4.78 is 10.9. The molecule has 7 heteroatoms. The Balaban J connectivity index is 1.55. The molecule has 30 heavy (non-hydrogen) atoms. The number of likely N-dealkylation sites (tertiary alicyclic amines) is 1. The second-order valence-electron chi connectivity index (χ2n) is 8.23. The van der Waals surface area contributed by atoms with Crippen LogP contribution in [0, 0.1) is 5.92 Å². The molecule has 2 atom stereocenters. The van der Waals surface area contributed by atoms with Crippen LogP contribution >= 0.6 is 0 Å². The topological polar surface area (TPSA) is 61.4 Å². The minimum atomic E-state index is 0.268. The van der Waals surface area contributed by atoms with Crippen molar-refractivity contribution >= 4 is 5.96 Å². The van der Waals surface area contributed by atoms with Crippen molar-refractivity contribution < 1.29 is 9.47 Å². The summed E-state index contributed by atoms with van der Waals surface area (Å²) in [5, 5.41) is 7.12. The Kier molecular flexibility index (Phi) is 9.24. The average molecular weight is 418 g/mol. The molecular weight excluding hydrogens is 378 g/mol. The molecule has 0 amide bonds. The first-order chi connectivity index (χ1) is 14.7. The molecule has 1 aromatic rings. The van der Waals surface area contributed by atoms with Crippen molar-refractivity contribution in [3.8, 4) is 5.75 Å². The number of guanidine groups is 1. The van der Waals surface area contributed by atoms with E-state index in [4.69, 9.17) is 9.47 Å². The Bertz CT molecular complexity index is 645. The first kappa shape index (κ1) is 22.8. The summed E-state index contributed by atoms with van der Waals surface area (Å²) in [7, 11) is 3.56. The Labute approximate surface area is 181 Å². The lowest BCUT2D eigenvalue weighted by atomic mass is 10.0. The lowest BCUT2D eigenvalue weighted by Gasteiger charge is -2.35. The van der Waals surface area contributed by atoms with Gasteiger partial charge in [0.1, 0.15) is 5.75 Å². The number of hydrogen-bond acceptors (Lipinski definition) is 5. The second-order valence-corrected chi connectivity index (χ2v) is 8.23. The van der Waals surface area contributed by atoms with Gasteiger partial charge in [0.05, 0.1) is 26.4 Å². The van der Waals surface area contributed by atoms with Gasteiger partial charge in [-0.05, 0) is 49.5 Å². The van der Waals surface area contributed by atoms with E-state index in [2.05, 4.69) is 44.5 Å². The molecule has 3 rings (SSSR count). The number of hydrogen-bond donors (Lipinski definition) is 2. The van der Waals surface area contributed by atoms with E-state index in [-0.39, 0.29) is 6.04 Å². The zero-order valence-electron chi connectivity index (χ0n) is 18.9. The largest absolute Gasteiger partial charge is 0.497 e. The summed E-state index contributed by atoms with van der Waals surface area (Å²) in [6, 6.07) is 8.68. The van der Waals surface area contributed by atoms with Gasteiger partial charge in [-0.2, -0.15) is 0 Å². The van der Waals surface area contributed by atoms with Crippen molar-refractivity contribution in [1.82, 2.24) is 20.4 Å². The highest BCUT2D eigenvalue weighted by Gasteiger charge is 2.24. The third kappa shape index (κ3) is 6.59. The summed E-state index contributed by atoms with van der Waals surface area (Å²) in [5.41, 5.74) is 1.28. The molecule has 2 N–H and O–H groups in total. The van der Waals surface area contributed by atoms with Crippen molar-refractivity contribution in [2.75, 3.05) is 73.2 Å². The van der Waals surface area contributed by atoms with Crippen molar-refractivity contribution in [2.24, 2.45) is 10.9 Å². The predicted octanol–water partition coefficient (Wildman–Crippen LogP) is 1.97. The van der Waals surface area contributed by atoms with Crippen molar-refractivity contribution in [3.05, 3.63) is 29.8 Å². The lowest BCUT2D eigenvalue weighted by Crippen LogP contribution is -2.47. The molecule has 2 aliphatic rings. The smallest absolute Gasteiger partial charge is 0.191 e. The van der Waals surface area contributed by atoms with E-state index in [0.717, 1.165) is 51.1 Å². The van der Waals surface area contributed by atoms with Crippen LogP contribution in [0.3, 0.4) is 0 Å². The van der Waals surface area contributed by atoms with E-state index in [1.165, 1.54) is 38.0 Å². The van der Waals surface area contributed by atoms with Crippen molar-refractivity contribution in [2.45, 2.75) is 25.8 Å². The van der Waals surface area contributed by atoms with Crippen LogP contribution in [0.1, 0.15) is 31.4 Å². The van der Waals surface area contributed by atoms with Gasteiger partial charge < -0.3 is 25.0 Å². The molecule has 2 fully saturated rings. The molecule has 2 aliphatic heterocycles. The number of morpholine rings is 1. The normalized spacial score (nSPS) is 22.1. The molecule has 2 saturated heterocycles. The summed E-state index contributed by atoms with van der Waals surface area (Å²) in [6.07, 6.45) is 2.50. The molecular formula is C23H39N5O2. The van der Waals surface area contributed by atoms with Crippen LogP contribution in [0.15, 0.2) is 29.3 Å². The fraction of sp³-hybridized carbons (Fsp3) is 0.696. The number of aliphatic imine (C=N–C) groups is 1. The van der Waals surface area contributed by atoms with Crippen LogP contribution in [0.5, 0.6) is 5.75 Å². The van der Waals surface area contributed by atoms with Crippen LogP contribution in [-0.2, 0) is 4.74 Å². The van der Waals surface area contributed by atoms with E-state index >= 15 is 0 Å². The van der Waals surface area contributed by atoms with Gasteiger partial charge >= 0.3 is 0 Å². The molecule has 2 unspecified atom stereocenters. The summed E-state index contributed by atoms with van der Waals surface area (Å²) in [6.45, 7) is 11.1. The average Bonchev–Trinajstić information content (AvgIpc) is 3.25. The zero-order valence-corrected chi connectivity index (χ0v) is 18.9. The van der Waals surface area contributed by atoms with Crippen LogP contribution in [-0.4, -0.2) is 88.9 Å². The molecule has 0 bridgehead atoms. The van der Waals surface area contributed by atoms with Gasteiger partial charge in [0.2, 0.25) is 0 Å². The predicted molar refractivity (Wildman–Crippen MR) is 122 cm³/mol. The number of benzene rings is 1. The third-order valence-corrected chi connectivity index (χ3v) is 6.14. The number of methoxy groups -OCH3 is 1. The molecule has 168 valence electrons. The maximum Gasteiger partial charge on any atom is 0.191 e. The van der Waals surface area contributed by atoms with Crippen molar-refractivity contribution in [3.63, 3.8) is 0 Å². The summed E-state index contributed by atoms with van der Waals surface area (Å²) >= 11 is 0. The van der Waals surface area contributed by atoms with Gasteiger partial charge in [0.25, 0.3) is 0 Å². The van der Waals surface area contributed by atoms with Gasteiger partial charge in [-0.25, -0.2) is 0 Å². The van der Waals surface area contributed by atoms with Crippen LogP contribution in [0.25, 0.3) is 0 Å². The van der Waals surface area contributed by atoms with Gasteiger partial charge in [0.15, 0.2) is 5.96 Å². The molecule has 0 radical (unpaired) electrons. The van der Waals surface area contributed by atoms with Crippen LogP contribution in [0.4, 0.5) is 0 Å². The van der Waals surface area contributed by atoms with Crippen LogP contribution < -0.4 is 15.4 Å². The maximum absolute atomic E-state index is 5.57. The second kappa shape index (κ2) is 12.1. The lowest BCUT2D eigenvalue weighted by molar-refractivity contribution is 0.0170. The fourth-order valence-corrected chi connectivity index (χ4v) is 4.43. The van der Waals surface area contributed by atoms with E-state index < -0.39 is 0 Å². The quantitative estimate of drug-likeness (QED) is 0.473. The third-order valence-electron chi connectivity index (χ3n) is 6.14. The van der Waals surface area contributed by atoms with E-state index in [0.29, 0.717) is 5.92 Å². The molecule has 0 spiro atoms. The van der Waals surface area contributed by atoms with E-state index in [1.54, 1.807) is 7.11 Å². The zero-order chi connectivity index (χ0) is 21.2. The molecule has 0 aromatic heterocycles. The van der Waals surface area contributed by atoms with Crippen molar-refractivity contribution in [1.29, 1.82) is 0 Å². The van der Waals surface area contributed by atoms with Gasteiger partial charge in [-0.3, -0.25) is 9.89 Å². The van der Waals surface area contributed by atoms with Gasteiger partial charge in [0, 0.05) is 39.8 Å².